The third-order valence-corrected chi connectivity index (χ3v) is 3.05. The van der Waals surface area contributed by atoms with Crippen LogP contribution in [0, 0.1) is 5.92 Å². The minimum absolute atomic E-state index is 0.172. The van der Waals surface area contributed by atoms with E-state index in [0.29, 0.717) is 6.04 Å². The van der Waals surface area contributed by atoms with Gasteiger partial charge >= 0.3 is 6.09 Å². The van der Waals surface area contributed by atoms with Gasteiger partial charge in [0.25, 0.3) is 0 Å². The lowest BCUT2D eigenvalue weighted by molar-refractivity contribution is 0.00580. The zero-order valence-corrected chi connectivity index (χ0v) is 9.75. The van der Waals surface area contributed by atoms with Gasteiger partial charge in [-0.05, 0) is 39.7 Å². The van der Waals surface area contributed by atoms with Crippen LogP contribution in [0.4, 0.5) is 4.79 Å². The molecule has 0 saturated carbocycles. The van der Waals surface area contributed by atoms with Gasteiger partial charge in [-0.15, -0.1) is 0 Å². The number of piperidine rings is 1. The fourth-order valence-corrected chi connectivity index (χ4v) is 2.11. The van der Waals surface area contributed by atoms with Gasteiger partial charge in [0, 0.05) is 19.1 Å². The predicted octanol–water partition coefficient (Wildman–Crippen LogP) is 1.22. The molecule has 2 aliphatic rings. The molecule has 0 aromatic carbocycles. The minimum atomic E-state index is -0.388. The second-order valence-corrected chi connectivity index (χ2v) is 5.49. The topological polar surface area (TPSA) is 41.6 Å². The van der Waals surface area contributed by atoms with Crippen molar-refractivity contribution in [3.8, 4) is 0 Å². The summed E-state index contributed by atoms with van der Waals surface area (Å²) in [5.41, 5.74) is -0.388. The highest BCUT2D eigenvalue weighted by molar-refractivity contribution is 5.68. The Bertz CT molecular complexity index is 260. The van der Waals surface area contributed by atoms with Gasteiger partial charge in [0.15, 0.2) is 0 Å². The molecule has 0 radical (unpaired) electrons. The number of nitrogens with one attached hydrogen (secondary N) is 1. The summed E-state index contributed by atoms with van der Waals surface area (Å²) >= 11 is 0. The van der Waals surface area contributed by atoms with Crippen LogP contribution in [0.1, 0.15) is 27.2 Å². The fraction of sp³-hybridized carbons (Fsp3) is 0.909. The van der Waals surface area contributed by atoms with Gasteiger partial charge in [0.2, 0.25) is 0 Å². The Morgan fingerprint density at radius 3 is 2.67 bits per heavy atom. The van der Waals surface area contributed by atoms with E-state index >= 15 is 0 Å². The summed E-state index contributed by atoms with van der Waals surface area (Å²) in [7, 11) is 0. The van der Waals surface area contributed by atoms with Crippen LogP contribution in [-0.4, -0.2) is 42.3 Å². The number of likely N-dealkylation sites (tertiary alicyclic amines) is 1. The van der Waals surface area contributed by atoms with Crippen LogP contribution in [0.15, 0.2) is 0 Å². The lowest BCUT2D eigenvalue weighted by Gasteiger charge is -2.46. The molecule has 1 N–H and O–H groups in total. The molecule has 2 heterocycles. The third kappa shape index (κ3) is 2.43. The van der Waals surface area contributed by atoms with Crippen LogP contribution in [-0.2, 0) is 4.74 Å². The summed E-state index contributed by atoms with van der Waals surface area (Å²) < 4.78 is 5.34. The van der Waals surface area contributed by atoms with E-state index in [0.717, 1.165) is 32.0 Å². The second kappa shape index (κ2) is 3.67. The number of carbonyl (C=O) groups is 1. The van der Waals surface area contributed by atoms with E-state index in [1.165, 1.54) is 0 Å². The quantitative estimate of drug-likeness (QED) is 0.656. The molecular weight excluding hydrogens is 192 g/mol. The Balaban J connectivity index is 1.86. The number of ether oxygens (including phenoxy) is 1. The molecule has 0 aliphatic carbocycles. The van der Waals surface area contributed by atoms with Crippen molar-refractivity contribution in [2.45, 2.75) is 38.8 Å². The summed E-state index contributed by atoms with van der Waals surface area (Å²) in [6, 6.07) is 0.506. The van der Waals surface area contributed by atoms with Crippen LogP contribution >= 0.6 is 0 Å². The van der Waals surface area contributed by atoms with Crippen molar-refractivity contribution in [2.24, 2.45) is 5.92 Å². The Kier molecular flexibility index (Phi) is 2.63. The summed E-state index contributed by atoms with van der Waals surface area (Å²) in [6.07, 6.45) is 0.936. The molecule has 2 saturated heterocycles. The number of rotatable bonds is 0. The van der Waals surface area contributed by atoms with Gasteiger partial charge in [-0.3, -0.25) is 0 Å². The van der Waals surface area contributed by atoms with Gasteiger partial charge in [-0.25, -0.2) is 4.79 Å². The standard InChI is InChI=1S/C11H20N2O2/c1-11(2,3)15-10(14)13-5-4-8-6-12-9(8)7-13/h8-9,12H,4-7H2,1-3H3/t8?,9-/m1/s1. The molecule has 2 rings (SSSR count). The van der Waals surface area contributed by atoms with Gasteiger partial charge in [-0.2, -0.15) is 0 Å². The highest BCUT2D eigenvalue weighted by Crippen LogP contribution is 2.24. The van der Waals surface area contributed by atoms with Crippen LogP contribution in [0.25, 0.3) is 0 Å². The number of fused-ring (bicyclic) bond motifs is 1. The van der Waals surface area contributed by atoms with Crippen LogP contribution in [0.5, 0.6) is 0 Å². The van der Waals surface area contributed by atoms with Gasteiger partial charge in [0.05, 0.1) is 0 Å². The fourth-order valence-electron chi connectivity index (χ4n) is 2.11. The smallest absolute Gasteiger partial charge is 0.410 e. The largest absolute Gasteiger partial charge is 0.444 e. The van der Waals surface area contributed by atoms with Crippen molar-refractivity contribution in [2.75, 3.05) is 19.6 Å². The molecular formula is C11H20N2O2. The predicted molar refractivity (Wildman–Crippen MR) is 57.7 cm³/mol. The van der Waals surface area contributed by atoms with E-state index in [2.05, 4.69) is 5.32 Å². The maximum Gasteiger partial charge on any atom is 0.410 e. The number of nitrogens with zero attached hydrogens (tertiary/aromatic N) is 1. The summed E-state index contributed by atoms with van der Waals surface area (Å²) in [5, 5.41) is 3.35. The molecule has 15 heavy (non-hydrogen) atoms. The zero-order valence-electron chi connectivity index (χ0n) is 9.75. The van der Waals surface area contributed by atoms with Crippen molar-refractivity contribution in [1.29, 1.82) is 0 Å². The minimum Gasteiger partial charge on any atom is -0.444 e. The molecule has 1 unspecified atom stereocenters. The second-order valence-electron chi connectivity index (χ2n) is 5.49. The number of carbonyl (C=O) groups excluding carboxylic acids is 1. The Morgan fingerprint density at radius 2 is 2.20 bits per heavy atom. The van der Waals surface area contributed by atoms with E-state index < -0.39 is 0 Å². The van der Waals surface area contributed by atoms with Crippen molar-refractivity contribution in [1.82, 2.24) is 10.2 Å². The van der Waals surface area contributed by atoms with E-state index in [9.17, 15) is 4.79 Å². The van der Waals surface area contributed by atoms with Crippen LogP contribution in [0.3, 0.4) is 0 Å². The van der Waals surface area contributed by atoms with E-state index in [-0.39, 0.29) is 11.7 Å². The maximum absolute atomic E-state index is 11.8. The molecule has 1 amide bonds. The number of hydrogen-bond donors (Lipinski definition) is 1. The normalized spacial score (nSPS) is 30.5. The molecule has 2 atom stereocenters. The van der Waals surface area contributed by atoms with Gasteiger partial charge in [0.1, 0.15) is 5.60 Å². The highest BCUT2D eigenvalue weighted by Gasteiger charge is 2.38. The first-order valence-corrected chi connectivity index (χ1v) is 5.67. The molecule has 2 aliphatic heterocycles. The lowest BCUT2D eigenvalue weighted by Crippen LogP contribution is -2.63. The molecule has 0 aromatic rings. The van der Waals surface area contributed by atoms with Crippen molar-refractivity contribution >= 4 is 6.09 Å². The Hall–Kier alpha value is -0.770. The molecule has 0 spiro atoms. The monoisotopic (exact) mass is 212 g/mol. The first-order valence-electron chi connectivity index (χ1n) is 5.67. The first-order chi connectivity index (χ1) is 6.96. The average molecular weight is 212 g/mol. The van der Waals surface area contributed by atoms with Crippen LogP contribution in [0.2, 0.25) is 0 Å². The maximum atomic E-state index is 11.8. The lowest BCUT2D eigenvalue weighted by atomic mass is 9.85. The van der Waals surface area contributed by atoms with Gasteiger partial charge < -0.3 is 15.0 Å². The zero-order chi connectivity index (χ0) is 11.1. The van der Waals surface area contributed by atoms with Crippen molar-refractivity contribution < 1.29 is 9.53 Å². The molecule has 4 heteroatoms. The number of amides is 1. The third-order valence-electron chi connectivity index (χ3n) is 3.05. The molecule has 86 valence electrons. The van der Waals surface area contributed by atoms with Gasteiger partial charge in [-0.1, -0.05) is 0 Å². The summed E-state index contributed by atoms with van der Waals surface area (Å²) in [4.78, 5) is 13.6. The molecule has 4 nitrogen and oxygen atoms in total. The van der Waals surface area contributed by atoms with Crippen molar-refractivity contribution in [3.63, 3.8) is 0 Å². The molecule has 0 aromatic heterocycles. The Morgan fingerprint density at radius 1 is 1.47 bits per heavy atom. The summed E-state index contributed by atoms with van der Waals surface area (Å²) in [5.74, 6) is 0.781. The van der Waals surface area contributed by atoms with E-state index in [1.54, 1.807) is 0 Å². The highest BCUT2D eigenvalue weighted by atomic mass is 16.6. The van der Waals surface area contributed by atoms with E-state index in [4.69, 9.17) is 4.74 Å². The Labute approximate surface area is 91.0 Å². The summed E-state index contributed by atoms with van der Waals surface area (Å²) in [6.45, 7) is 8.47. The van der Waals surface area contributed by atoms with Crippen LogP contribution < -0.4 is 5.32 Å². The van der Waals surface area contributed by atoms with E-state index in [1.807, 2.05) is 25.7 Å². The SMILES string of the molecule is CC(C)(C)OC(=O)N1CCC2CN[C@@H]2C1. The number of hydrogen-bond acceptors (Lipinski definition) is 3. The average Bonchev–Trinajstić information content (AvgIpc) is 2.04. The first kappa shape index (κ1) is 10.7. The van der Waals surface area contributed by atoms with Crippen molar-refractivity contribution in [3.05, 3.63) is 0 Å². The molecule has 2 fully saturated rings. The molecule has 0 bridgehead atoms.